The molecule has 0 saturated carbocycles. The molecule has 1 heterocycles. The van der Waals surface area contributed by atoms with Gasteiger partial charge in [-0.1, -0.05) is 17.7 Å². The Bertz CT molecular complexity index is 402. The minimum atomic E-state index is 0.138. The van der Waals surface area contributed by atoms with Crippen LogP contribution in [0.2, 0.25) is 5.15 Å². The molecule has 0 amide bonds. The Balaban J connectivity index is 2.67. The summed E-state index contributed by atoms with van der Waals surface area (Å²) in [5.41, 5.74) is 6.38. The molecule has 1 aromatic rings. The molecule has 1 aromatic heterocycles. The first-order valence-corrected chi connectivity index (χ1v) is 5.44. The van der Waals surface area contributed by atoms with Crippen LogP contribution in [0.25, 0.3) is 0 Å². The average molecular weight is 257 g/mol. The number of aromatic nitrogens is 1. The van der Waals surface area contributed by atoms with E-state index in [4.69, 9.17) is 29.6 Å². The lowest BCUT2D eigenvalue weighted by Crippen LogP contribution is -2.25. The fraction of sp³-hybridized carbons (Fsp3) is 0.300. The van der Waals surface area contributed by atoms with E-state index in [1.54, 1.807) is 12.3 Å². The number of hydrogen-bond donors (Lipinski definition) is 1. The summed E-state index contributed by atoms with van der Waals surface area (Å²) in [6.45, 7) is 2.53. The number of amidine groups is 1. The van der Waals surface area contributed by atoms with E-state index in [0.29, 0.717) is 11.7 Å². The van der Waals surface area contributed by atoms with Gasteiger partial charge in [-0.3, -0.25) is 0 Å². The second-order valence-corrected chi connectivity index (χ2v) is 4.15. The van der Waals surface area contributed by atoms with Crippen molar-refractivity contribution in [3.05, 3.63) is 29.0 Å². The van der Waals surface area contributed by atoms with Gasteiger partial charge in [0.25, 0.3) is 0 Å². The van der Waals surface area contributed by atoms with Crippen molar-refractivity contribution in [1.29, 1.82) is 0 Å². The van der Waals surface area contributed by atoms with Crippen molar-refractivity contribution in [3.8, 4) is 0 Å². The van der Waals surface area contributed by atoms with Crippen molar-refractivity contribution in [2.24, 2.45) is 10.7 Å². The summed E-state index contributed by atoms with van der Waals surface area (Å²) in [5, 5.41) is 0.624. The van der Waals surface area contributed by atoms with Crippen LogP contribution in [0.3, 0.4) is 0 Å². The smallest absolute Gasteiger partial charge is 0.191 e. The third kappa shape index (κ3) is 4.12. The molecular weight excluding hydrogens is 244 g/mol. The van der Waals surface area contributed by atoms with Crippen molar-refractivity contribution in [2.45, 2.75) is 13.5 Å². The number of rotatable bonds is 2. The highest BCUT2D eigenvalue weighted by atomic mass is 35.5. The van der Waals surface area contributed by atoms with Crippen LogP contribution in [0, 0.1) is 0 Å². The highest BCUT2D eigenvalue weighted by Crippen LogP contribution is 2.07. The molecule has 0 bridgehead atoms. The molecule has 0 aliphatic carbocycles. The Morgan fingerprint density at radius 2 is 2.31 bits per heavy atom. The van der Waals surface area contributed by atoms with Gasteiger partial charge in [0.2, 0.25) is 0 Å². The van der Waals surface area contributed by atoms with E-state index in [-0.39, 0.29) is 5.11 Å². The lowest BCUT2D eigenvalue weighted by molar-refractivity contribution is 0.497. The number of aliphatic imine (C=N–C) groups is 1. The molecule has 86 valence electrons. The lowest BCUT2D eigenvalue weighted by Gasteiger charge is -2.18. The molecular formula is C10H13ClN4S. The second kappa shape index (κ2) is 5.77. The van der Waals surface area contributed by atoms with Gasteiger partial charge in [0.15, 0.2) is 5.11 Å². The van der Waals surface area contributed by atoms with Crippen LogP contribution in [0.4, 0.5) is 0 Å². The van der Waals surface area contributed by atoms with E-state index in [1.807, 2.05) is 24.9 Å². The summed E-state index contributed by atoms with van der Waals surface area (Å²) in [5.74, 6) is 0.766. The lowest BCUT2D eigenvalue weighted by atomic mass is 10.3. The van der Waals surface area contributed by atoms with Crippen LogP contribution in [0.15, 0.2) is 23.3 Å². The predicted octanol–water partition coefficient (Wildman–Crippen LogP) is 1.83. The minimum absolute atomic E-state index is 0.138. The normalized spacial score (nSPS) is 11.3. The highest BCUT2D eigenvalue weighted by Gasteiger charge is 2.03. The van der Waals surface area contributed by atoms with Crippen LogP contribution < -0.4 is 5.73 Å². The number of halogens is 1. The van der Waals surface area contributed by atoms with Crippen LogP contribution >= 0.6 is 23.8 Å². The summed E-state index contributed by atoms with van der Waals surface area (Å²) < 4.78 is 0. The second-order valence-electron chi connectivity index (χ2n) is 3.34. The first kappa shape index (κ1) is 12.9. The SMILES string of the molecule is C/C(=N\C(N)=S)N(C)Cc1ccc(Cl)nc1. The van der Waals surface area contributed by atoms with Crippen LogP contribution in [0.5, 0.6) is 0 Å². The van der Waals surface area contributed by atoms with E-state index < -0.39 is 0 Å². The Morgan fingerprint density at radius 3 is 2.81 bits per heavy atom. The number of nitrogens with zero attached hydrogens (tertiary/aromatic N) is 3. The van der Waals surface area contributed by atoms with Gasteiger partial charge >= 0.3 is 0 Å². The van der Waals surface area contributed by atoms with Crippen LogP contribution in [-0.4, -0.2) is 27.9 Å². The standard InChI is InChI=1S/C10H13ClN4S/c1-7(14-10(12)16)15(2)6-8-3-4-9(11)13-5-8/h3-5H,6H2,1-2H3,(H2,12,16)/b14-7+. The Kier molecular flexibility index (Phi) is 4.64. The number of hydrogen-bond acceptors (Lipinski definition) is 2. The van der Waals surface area contributed by atoms with Crippen molar-refractivity contribution in [2.75, 3.05) is 7.05 Å². The van der Waals surface area contributed by atoms with Gasteiger partial charge in [-0.05, 0) is 30.8 Å². The number of nitrogens with two attached hydrogens (primary N) is 1. The molecule has 4 nitrogen and oxygen atoms in total. The molecule has 6 heteroatoms. The van der Waals surface area contributed by atoms with Crippen molar-refractivity contribution >= 4 is 34.8 Å². The molecule has 0 aliphatic heterocycles. The van der Waals surface area contributed by atoms with Gasteiger partial charge < -0.3 is 10.6 Å². The average Bonchev–Trinajstić information content (AvgIpc) is 2.20. The number of pyridine rings is 1. The van der Waals surface area contributed by atoms with Crippen molar-refractivity contribution in [1.82, 2.24) is 9.88 Å². The summed E-state index contributed by atoms with van der Waals surface area (Å²) >= 11 is 10.4. The molecule has 0 atom stereocenters. The first-order chi connectivity index (χ1) is 7.49. The third-order valence-electron chi connectivity index (χ3n) is 2.03. The largest absolute Gasteiger partial charge is 0.374 e. The fourth-order valence-corrected chi connectivity index (χ4v) is 1.38. The zero-order valence-corrected chi connectivity index (χ0v) is 10.7. The first-order valence-electron chi connectivity index (χ1n) is 4.65. The molecule has 0 aromatic carbocycles. The maximum atomic E-state index is 5.70. The molecule has 0 saturated heterocycles. The van der Waals surface area contributed by atoms with Gasteiger partial charge in [0.05, 0.1) is 0 Å². The van der Waals surface area contributed by atoms with E-state index in [0.717, 1.165) is 11.4 Å². The van der Waals surface area contributed by atoms with Crippen LogP contribution in [0.1, 0.15) is 12.5 Å². The Labute approximate surface area is 105 Å². The van der Waals surface area contributed by atoms with Gasteiger partial charge in [-0.25, -0.2) is 9.98 Å². The topological polar surface area (TPSA) is 54.5 Å². The molecule has 0 spiro atoms. The summed E-state index contributed by atoms with van der Waals surface area (Å²) in [6.07, 6.45) is 1.73. The molecule has 16 heavy (non-hydrogen) atoms. The van der Waals surface area contributed by atoms with Crippen molar-refractivity contribution in [3.63, 3.8) is 0 Å². The Hall–Kier alpha value is -1.20. The van der Waals surface area contributed by atoms with Gasteiger partial charge in [-0.15, -0.1) is 0 Å². The molecule has 2 N–H and O–H groups in total. The van der Waals surface area contributed by atoms with Gasteiger partial charge in [0.1, 0.15) is 11.0 Å². The number of thiocarbonyl (C=S) groups is 1. The molecule has 0 fully saturated rings. The van der Waals surface area contributed by atoms with Gasteiger partial charge in [0, 0.05) is 19.8 Å². The maximum absolute atomic E-state index is 5.70. The molecule has 0 radical (unpaired) electrons. The van der Waals surface area contributed by atoms with E-state index in [1.165, 1.54) is 0 Å². The van der Waals surface area contributed by atoms with E-state index >= 15 is 0 Å². The summed E-state index contributed by atoms with van der Waals surface area (Å²) in [6, 6.07) is 3.67. The zero-order valence-electron chi connectivity index (χ0n) is 9.14. The van der Waals surface area contributed by atoms with E-state index in [2.05, 4.69) is 9.98 Å². The molecule has 0 unspecified atom stereocenters. The third-order valence-corrected chi connectivity index (χ3v) is 2.35. The summed E-state index contributed by atoms with van der Waals surface area (Å²) in [4.78, 5) is 9.93. The highest BCUT2D eigenvalue weighted by molar-refractivity contribution is 7.80. The van der Waals surface area contributed by atoms with Crippen molar-refractivity contribution < 1.29 is 0 Å². The summed E-state index contributed by atoms with van der Waals surface area (Å²) in [7, 11) is 1.91. The fourth-order valence-electron chi connectivity index (χ4n) is 1.13. The molecule has 0 aliphatic rings. The van der Waals surface area contributed by atoms with Gasteiger partial charge in [-0.2, -0.15) is 0 Å². The predicted molar refractivity (Wildman–Crippen MR) is 70.6 cm³/mol. The Morgan fingerprint density at radius 1 is 1.62 bits per heavy atom. The maximum Gasteiger partial charge on any atom is 0.191 e. The van der Waals surface area contributed by atoms with Crippen LogP contribution in [-0.2, 0) is 6.54 Å². The molecule has 1 rings (SSSR count). The zero-order chi connectivity index (χ0) is 12.1. The van der Waals surface area contributed by atoms with E-state index in [9.17, 15) is 0 Å². The monoisotopic (exact) mass is 256 g/mol. The minimum Gasteiger partial charge on any atom is -0.374 e. The quantitative estimate of drug-likeness (QED) is 0.380.